The third-order valence-corrected chi connectivity index (χ3v) is 3.26. The maximum absolute atomic E-state index is 11.5. The number of carboxylic acid groups (broad SMARTS) is 1. The summed E-state index contributed by atoms with van der Waals surface area (Å²) in [6, 6.07) is 7.95. The van der Waals surface area contributed by atoms with Gasteiger partial charge >= 0.3 is 5.97 Å². The van der Waals surface area contributed by atoms with Crippen molar-refractivity contribution in [1.82, 2.24) is 9.55 Å². The van der Waals surface area contributed by atoms with Crippen molar-refractivity contribution >= 4 is 5.97 Å². The van der Waals surface area contributed by atoms with Gasteiger partial charge in [0.25, 0.3) is 0 Å². The number of aliphatic carboxylic acids is 1. The van der Waals surface area contributed by atoms with Crippen LogP contribution in [0.3, 0.4) is 0 Å². The molecule has 0 saturated heterocycles. The maximum atomic E-state index is 11.5. The molecular weight excluding hydrogens is 240 g/mol. The van der Waals surface area contributed by atoms with Gasteiger partial charge in [-0.25, -0.2) is 4.98 Å². The Balaban J connectivity index is 2.26. The number of hydrogen-bond donors (Lipinski definition) is 1. The van der Waals surface area contributed by atoms with E-state index in [1.165, 1.54) is 5.56 Å². The van der Waals surface area contributed by atoms with Crippen LogP contribution in [0.4, 0.5) is 0 Å². The summed E-state index contributed by atoms with van der Waals surface area (Å²) in [6.45, 7) is 4.73. The summed E-state index contributed by atoms with van der Waals surface area (Å²) in [6.07, 6.45) is 3.94. The van der Waals surface area contributed by atoms with Gasteiger partial charge in [-0.15, -0.1) is 0 Å². The molecule has 0 fully saturated rings. The number of nitrogens with zero attached hydrogens (tertiary/aromatic N) is 2. The molecule has 1 atom stereocenters. The average Bonchev–Trinajstić information content (AvgIpc) is 2.85. The first-order valence-corrected chi connectivity index (χ1v) is 6.41. The van der Waals surface area contributed by atoms with E-state index in [4.69, 9.17) is 0 Å². The van der Waals surface area contributed by atoms with Gasteiger partial charge < -0.3 is 9.67 Å². The van der Waals surface area contributed by atoms with Gasteiger partial charge in [0.15, 0.2) is 0 Å². The highest BCUT2D eigenvalue weighted by molar-refractivity contribution is 5.75. The summed E-state index contributed by atoms with van der Waals surface area (Å²) in [7, 11) is 0. The first-order chi connectivity index (χ1) is 9.11. The molecule has 0 amide bonds. The summed E-state index contributed by atoms with van der Waals surface area (Å²) < 4.78 is 1.88. The fourth-order valence-corrected chi connectivity index (χ4v) is 2.15. The Morgan fingerprint density at radius 1 is 1.37 bits per heavy atom. The van der Waals surface area contributed by atoms with Crippen molar-refractivity contribution in [3.05, 3.63) is 53.6 Å². The molecule has 4 heteroatoms. The number of rotatable bonds is 5. The van der Waals surface area contributed by atoms with E-state index in [2.05, 4.69) is 4.98 Å². The average molecular weight is 258 g/mol. The number of imidazole rings is 1. The molecule has 0 aliphatic rings. The van der Waals surface area contributed by atoms with Gasteiger partial charge in [-0.2, -0.15) is 0 Å². The van der Waals surface area contributed by atoms with Crippen molar-refractivity contribution < 1.29 is 9.90 Å². The Morgan fingerprint density at radius 2 is 2.05 bits per heavy atom. The van der Waals surface area contributed by atoms with Crippen LogP contribution in [-0.4, -0.2) is 20.6 Å². The molecule has 0 saturated carbocycles. The van der Waals surface area contributed by atoms with Crippen LogP contribution in [0.5, 0.6) is 0 Å². The second-order valence-electron chi connectivity index (χ2n) is 4.65. The fourth-order valence-electron chi connectivity index (χ4n) is 2.15. The monoisotopic (exact) mass is 258 g/mol. The largest absolute Gasteiger partial charge is 0.481 e. The minimum absolute atomic E-state index is 0.465. The molecule has 0 aliphatic heterocycles. The van der Waals surface area contributed by atoms with Crippen molar-refractivity contribution in [2.24, 2.45) is 0 Å². The van der Waals surface area contributed by atoms with Crippen LogP contribution in [0.2, 0.25) is 0 Å². The van der Waals surface area contributed by atoms with Gasteiger partial charge in [0.05, 0.1) is 0 Å². The minimum atomic E-state index is -0.832. The molecule has 2 rings (SSSR count). The van der Waals surface area contributed by atoms with Crippen LogP contribution in [0.25, 0.3) is 0 Å². The molecule has 100 valence electrons. The molecular formula is C15H18N2O2. The molecule has 19 heavy (non-hydrogen) atoms. The van der Waals surface area contributed by atoms with Gasteiger partial charge in [0.2, 0.25) is 0 Å². The smallest absolute Gasteiger partial charge is 0.314 e. The number of hydrogen-bond acceptors (Lipinski definition) is 2. The number of benzene rings is 1. The molecule has 1 unspecified atom stereocenters. The van der Waals surface area contributed by atoms with Crippen molar-refractivity contribution in [1.29, 1.82) is 0 Å². The molecule has 4 nitrogen and oxygen atoms in total. The van der Waals surface area contributed by atoms with Crippen molar-refractivity contribution in [3.8, 4) is 0 Å². The predicted octanol–water partition coefficient (Wildman–Crippen LogP) is 2.62. The van der Waals surface area contributed by atoms with Gasteiger partial charge in [-0.1, -0.05) is 29.8 Å². The molecule has 2 aromatic rings. The van der Waals surface area contributed by atoms with Crippen LogP contribution in [0.15, 0.2) is 36.7 Å². The minimum Gasteiger partial charge on any atom is -0.481 e. The van der Waals surface area contributed by atoms with E-state index in [1.807, 2.05) is 48.9 Å². The summed E-state index contributed by atoms with van der Waals surface area (Å²) >= 11 is 0. The molecule has 1 aromatic carbocycles. The van der Waals surface area contributed by atoms with E-state index >= 15 is 0 Å². The Kier molecular flexibility index (Phi) is 4.00. The summed E-state index contributed by atoms with van der Waals surface area (Å²) in [5, 5.41) is 9.43. The lowest BCUT2D eigenvalue weighted by molar-refractivity contribution is -0.139. The molecule has 1 heterocycles. The lowest BCUT2D eigenvalue weighted by Gasteiger charge is -2.14. The Hall–Kier alpha value is -2.10. The van der Waals surface area contributed by atoms with Crippen molar-refractivity contribution in [2.45, 2.75) is 32.7 Å². The van der Waals surface area contributed by atoms with E-state index in [0.29, 0.717) is 12.2 Å². The zero-order valence-electron chi connectivity index (χ0n) is 11.2. The van der Waals surface area contributed by atoms with E-state index in [9.17, 15) is 9.90 Å². The first-order valence-electron chi connectivity index (χ1n) is 6.41. The molecule has 0 spiro atoms. The van der Waals surface area contributed by atoms with E-state index in [-0.39, 0.29) is 0 Å². The Morgan fingerprint density at radius 3 is 2.63 bits per heavy atom. The third kappa shape index (κ3) is 3.02. The number of carbonyl (C=O) groups is 1. The number of aromatic nitrogens is 2. The third-order valence-electron chi connectivity index (χ3n) is 3.26. The quantitative estimate of drug-likeness (QED) is 0.897. The molecule has 1 aromatic heterocycles. The Bertz CT molecular complexity index is 558. The second kappa shape index (κ2) is 5.69. The van der Waals surface area contributed by atoms with E-state index in [0.717, 1.165) is 12.1 Å². The standard InChI is InChI=1S/C15H18N2O2/c1-3-17-9-8-16-14(17)13(15(18)19)10-12-6-4-11(2)5-7-12/h4-9,13H,3,10H2,1-2H3,(H,18,19). The zero-order chi connectivity index (χ0) is 13.8. The number of aryl methyl sites for hydroxylation is 2. The van der Waals surface area contributed by atoms with Gasteiger partial charge in [-0.3, -0.25) is 4.79 Å². The van der Waals surface area contributed by atoms with Gasteiger partial charge in [0, 0.05) is 18.9 Å². The van der Waals surface area contributed by atoms with Crippen molar-refractivity contribution in [2.75, 3.05) is 0 Å². The van der Waals surface area contributed by atoms with Crippen LogP contribution in [0, 0.1) is 6.92 Å². The Labute approximate surface area is 112 Å². The van der Waals surface area contributed by atoms with Crippen LogP contribution in [0.1, 0.15) is 29.8 Å². The molecule has 0 radical (unpaired) electrons. The van der Waals surface area contributed by atoms with Crippen LogP contribution < -0.4 is 0 Å². The maximum Gasteiger partial charge on any atom is 0.314 e. The fraction of sp³-hybridized carbons (Fsp3) is 0.333. The zero-order valence-corrected chi connectivity index (χ0v) is 11.2. The topological polar surface area (TPSA) is 55.1 Å². The van der Waals surface area contributed by atoms with Gasteiger partial charge in [0.1, 0.15) is 11.7 Å². The summed E-state index contributed by atoms with van der Waals surface area (Å²) in [4.78, 5) is 15.7. The first kappa shape index (κ1) is 13.3. The lowest BCUT2D eigenvalue weighted by Crippen LogP contribution is -2.19. The SMILES string of the molecule is CCn1ccnc1C(Cc1ccc(C)cc1)C(=O)O. The predicted molar refractivity (Wildman–Crippen MR) is 73.2 cm³/mol. The second-order valence-corrected chi connectivity index (χ2v) is 4.65. The molecule has 0 aliphatic carbocycles. The number of carboxylic acids is 1. The highest BCUT2D eigenvalue weighted by Gasteiger charge is 2.24. The van der Waals surface area contributed by atoms with Crippen molar-refractivity contribution in [3.63, 3.8) is 0 Å². The van der Waals surface area contributed by atoms with Crippen LogP contribution in [-0.2, 0) is 17.8 Å². The van der Waals surface area contributed by atoms with E-state index < -0.39 is 11.9 Å². The van der Waals surface area contributed by atoms with Crippen LogP contribution >= 0.6 is 0 Å². The highest BCUT2D eigenvalue weighted by atomic mass is 16.4. The molecule has 0 bridgehead atoms. The summed E-state index contributed by atoms with van der Waals surface area (Å²) in [5.41, 5.74) is 2.19. The highest BCUT2D eigenvalue weighted by Crippen LogP contribution is 2.20. The lowest BCUT2D eigenvalue weighted by atomic mass is 9.98. The molecule has 1 N–H and O–H groups in total. The summed E-state index contributed by atoms with van der Waals surface area (Å²) in [5.74, 6) is -0.810. The normalized spacial score (nSPS) is 12.3. The van der Waals surface area contributed by atoms with Gasteiger partial charge in [-0.05, 0) is 25.8 Å². The van der Waals surface area contributed by atoms with E-state index in [1.54, 1.807) is 6.20 Å².